The van der Waals surface area contributed by atoms with E-state index in [9.17, 15) is 9.18 Å². The van der Waals surface area contributed by atoms with Gasteiger partial charge in [0.25, 0.3) is 0 Å². The van der Waals surface area contributed by atoms with Crippen molar-refractivity contribution in [3.8, 4) is 11.3 Å². The number of aromatic nitrogens is 1. The fraction of sp³-hybridized carbons (Fsp3) is 0.429. The zero-order valence-corrected chi connectivity index (χ0v) is 14.8. The van der Waals surface area contributed by atoms with Gasteiger partial charge in [-0.2, -0.15) is 0 Å². The van der Waals surface area contributed by atoms with Crippen LogP contribution in [0.1, 0.15) is 50.6 Å². The molecule has 2 aliphatic carbocycles. The van der Waals surface area contributed by atoms with Crippen molar-refractivity contribution >= 4 is 5.91 Å². The number of benzene rings is 1. The first-order chi connectivity index (χ1) is 12.7. The highest BCUT2D eigenvalue weighted by atomic mass is 19.1. The molecule has 0 radical (unpaired) electrons. The largest absolute Gasteiger partial charge is 0.356 e. The minimum absolute atomic E-state index is 0.00212. The molecule has 1 aromatic carbocycles. The van der Waals surface area contributed by atoms with Crippen LogP contribution < -0.4 is 5.32 Å². The lowest BCUT2D eigenvalue weighted by Crippen LogP contribution is -2.35. The predicted molar refractivity (Wildman–Crippen MR) is 97.0 cm³/mol. The number of carbonyl (C=O) groups is 1. The van der Waals surface area contributed by atoms with Gasteiger partial charge in [-0.3, -0.25) is 4.79 Å². The van der Waals surface area contributed by atoms with Crippen molar-refractivity contribution in [3.05, 3.63) is 53.5 Å². The van der Waals surface area contributed by atoms with Crippen LogP contribution in [0.5, 0.6) is 0 Å². The van der Waals surface area contributed by atoms with Crippen molar-refractivity contribution in [2.45, 2.75) is 50.4 Å². The van der Waals surface area contributed by atoms with E-state index in [0.717, 1.165) is 32.1 Å². The maximum absolute atomic E-state index is 13.9. The number of rotatable bonds is 6. The molecule has 1 saturated carbocycles. The highest BCUT2D eigenvalue weighted by Crippen LogP contribution is 2.48. The first kappa shape index (κ1) is 17.0. The number of carbonyl (C=O) groups excluding carboxylic acids is 1. The van der Waals surface area contributed by atoms with E-state index in [0.29, 0.717) is 23.6 Å². The molecule has 4 rings (SSSR count). The summed E-state index contributed by atoms with van der Waals surface area (Å²) in [4.78, 5) is 12.7. The summed E-state index contributed by atoms with van der Waals surface area (Å²) in [5, 5.41) is 7.13. The number of hydrogen-bond donors (Lipinski definition) is 1. The van der Waals surface area contributed by atoms with Crippen molar-refractivity contribution in [1.82, 2.24) is 10.5 Å². The number of nitrogens with one attached hydrogen (secondary N) is 1. The molecule has 1 amide bonds. The maximum atomic E-state index is 13.9. The second kappa shape index (κ2) is 7.06. The van der Waals surface area contributed by atoms with Crippen LogP contribution in [-0.4, -0.2) is 17.6 Å². The van der Waals surface area contributed by atoms with E-state index in [1.807, 2.05) is 0 Å². The van der Waals surface area contributed by atoms with Gasteiger partial charge in [-0.05, 0) is 57.1 Å². The van der Waals surface area contributed by atoms with E-state index in [2.05, 4.69) is 16.5 Å². The molecule has 1 aromatic heterocycles. The smallest absolute Gasteiger partial charge is 0.232 e. The van der Waals surface area contributed by atoms with Crippen LogP contribution in [0.3, 0.4) is 0 Å². The summed E-state index contributed by atoms with van der Waals surface area (Å²) >= 11 is 0. The Hall–Kier alpha value is -2.43. The van der Waals surface area contributed by atoms with E-state index in [1.165, 1.54) is 24.5 Å². The molecule has 5 heteroatoms. The Labute approximate surface area is 152 Å². The molecular formula is C21H23FN2O2. The van der Waals surface area contributed by atoms with Gasteiger partial charge in [0, 0.05) is 12.6 Å². The second-order valence-corrected chi connectivity index (χ2v) is 7.25. The molecule has 0 saturated heterocycles. The van der Waals surface area contributed by atoms with Crippen molar-refractivity contribution in [2.75, 3.05) is 6.54 Å². The second-order valence-electron chi connectivity index (χ2n) is 7.25. The van der Waals surface area contributed by atoms with E-state index in [1.54, 1.807) is 24.3 Å². The van der Waals surface area contributed by atoms with Gasteiger partial charge < -0.3 is 9.84 Å². The minimum atomic E-state index is -0.603. The molecule has 0 aliphatic heterocycles. The van der Waals surface area contributed by atoms with Gasteiger partial charge in [0.2, 0.25) is 5.91 Å². The zero-order valence-electron chi connectivity index (χ0n) is 14.8. The zero-order chi connectivity index (χ0) is 18.0. The molecule has 0 bridgehead atoms. The highest BCUT2D eigenvalue weighted by molar-refractivity contribution is 5.91. The number of nitrogens with zero attached hydrogens (tertiary/aromatic N) is 1. The average molecular weight is 354 g/mol. The van der Waals surface area contributed by atoms with Crippen LogP contribution in [0.4, 0.5) is 4.39 Å². The van der Waals surface area contributed by atoms with Crippen molar-refractivity contribution < 1.29 is 13.7 Å². The van der Waals surface area contributed by atoms with Crippen LogP contribution in [-0.2, 0) is 10.2 Å². The molecular weight excluding hydrogens is 331 g/mol. The normalized spacial score (nSPS) is 18.3. The van der Waals surface area contributed by atoms with Gasteiger partial charge >= 0.3 is 0 Å². The fourth-order valence-corrected chi connectivity index (χ4v) is 3.65. The van der Waals surface area contributed by atoms with Crippen molar-refractivity contribution in [3.63, 3.8) is 0 Å². The summed E-state index contributed by atoms with van der Waals surface area (Å²) in [5.74, 6) is 0.0112. The van der Waals surface area contributed by atoms with E-state index in [-0.39, 0.29) is 11.7 Å². The molecule has 0 atom stereocenters. The topological polar surface area (TPSA) is 55.1 Å². The lowest BCUT2D eigenvalue weighted by Gasteiger charge is -2.15. The SMILES string of the molecule is O=C(NCCC1=CCCCC1)C1(c2cc(-c3ccccc3F)on2)CC1. The molecule has 2 aromatic rings. The van der Waals surface area contributed by atoms with E-state index in [4.69, 9.17) is 4.52 Å². The predicted octanol–water partition coefficient (Wildman–Crippen LogP) is 4.52. The Balaban J connectivity index is 1.41. The van der Waals surface area contributed by atoms with Crippen LogP contribution in [0, 0.1) is 5.82 Å². The average Bonchev–Trinajstić information content (AvgIpc) is 3.34. The third kappa shape index (κ3) is 3.30. The molecule has 1 N–H and O–H groups in total. The van der Waals surface area contributed by atoms with Gasteiger partial charge in [-0.15, -0.1) is 0 Å². The Kier molecular flexibility index (Phi) is 4.62. The monoisotopic (exact) mass is 354 g/mol. The number of halogens is 1. The summed E-state index contributed by atoms with van der Waals surface area (Å²) in [5.41, 5.74) is 1.81. The highest BCUT2D eigenvalue weighted by Gasteiger charge is 2.53. The standard InChI is InChI=1S/C21H23FN2O2/c22-17-9-5-4-8-16(17)18-14-19(24-26-18)21(11-12-21)20(25)23-13-10-15-6-2-1-3-7-15/h4-6,8-9,14H,1-3,7,10-13H2,(H,23,25). The molecule has 0 spiro atoms. The Morgan fingerprint density at radius 2 is 2.12 bits per heavy atom. The Bertz CT molecular complexity index is 836. The summed E-state index contributed by atoms with van der Waals surface area (Å²) in [6.45, 7) is 0.657. The van der Waals surface area contributed by atoms with Gasteiger partial charge in [0.05, 0.1) is 16.7 Å². The summed E-state index contributed by atoms with van der Waals surface area (Å²) in [6.07, 6.45) is 9.57. The first-order valence-electron chi connectivity index (χ1n) is 9.37. The molecule has 0 unspecified atom stereocenters. The molecule has 1 fully saturated rings. The quantitative estimate of drug-likeness (QED) is 0.776. The number of amides is 1. The third-order valence-corrected chi connectivity index (χ3v) is 5.44. The summed E-state index contributed by atoms with van der Waals surface area (Å²) in [6, 6.07) is 8.12. The van der Waals surface area contributed by atoms with Gasteiger partial charge in [-0.25, -0.2) is 4.39 Å². The first-order valence-corrected chi connectivity index (χ1v) is 9.37. The van der Waals surface area contributed by atoms with Gasteiger partial charge in [0.15, 0.2) is 5.76 Å². The van der Waals surface area contributed by atoms with E-state index >= 15 is 0 Å². The number of allylic oxidation sites excluding steroid dienone is 1. The molecule has 1 heterocycles. The van der Waals surface area contributed by atoms with Crippen LogP contribution in [0.25, 0.3) is 11.3 Å². The van der Waals surface area contributed by atoms with Gasteiger partial charge in [0.1, 0.15) is 5.82 Å². The van der Waals surface area contributed by atoms with Crippen LogP contribution in [0.2, 0.25) is 0 Å². The van der Waals surface area contributed by atoms with Crippen LogP contribution in [0.15, 0.2) is 46.5 Å². The third-order valence-electron chi connectivity index (χ3n) is 5.44. The Morgan fingerprint density at radius 1 is 1.27 bits per heavy atom. The maximum Gasteiger partial charge on any atom is 0.232 e. The van der Waals surface area contributed by atoms with Crippen LogP contribution >= 0.6 is 0 Å². The molecule has 2 aliphatic rings. The molecule has 26 heavy (non-hydrogen) atoms. The lowest BCUT2D eigenvalue weighted by molar-refractivity contribution is -0.123. The van der Waals surface area contributed by atoms with Gasteiger partial charge in [-0.1, -0.05) is 28.9 Å². The summed E-state index contributed by atoms with van der Waals surface area (Å²) < 4.78 is 19.3. The Morgan fingerprint density at radius 3 is 2.85 bits per heavy atom. The van der Waals surface area contributed by atoms with E-state index < -0.39 is 5.41 Å². The minimum Gasteiger partial charge on any atom is -0.356 e. The lowest BCUT2D eigenvalue weighted by atomic mass is 9.97. The molecule has 4 nitrogen and oxygen atoms in total. The number of hydrogen-bond acceptors (Lipinski definition) is 3. The molecule has 136 valence electrons. The fourth-order valence-electron chi connectivity index (χ4n) is 3.65. The van der Waals surface area contributed by atoms with Crippen molar-refractivity contribution in [1.29, 1.82) is 0 Å². The summed E-state index contributed by atoms with van der Waals surface area (Å²) in [7, 11) is 0. The van der Waals surface area contributed by atoms with Crippen molar-refractivity contribution in [2.24, 2.45) is 0 Å².